The highest BCUT2D eigenvalue weighted by molar-refractivity contribution is 7.99. The van der Waals surface area contributed by atoms with Crippen LogP contribution in [-0.2, 0) is 4.79 Å². The quantitative estimate of drug-likeness (QED) is 0.215. The Morgan fingerprint density at radius 3 is 2.65 bits per heavy atom. The van der Waals surface area contributed by atoms with Crippen molar-refractivity contribution < 1.29 is 19.3 Å². The van der Waals surface area contributed by atoms with Crippen LogP contribution in [0.25, 0.3) is 11.4 Å². The fourth-order valence-corrected chi connectivity index (χ4v) is 4.97. The molecule has 0 unspecified atom stereocenters. The van der Waals surface area contributed by atoms with E-state index in [-0.39, 0.29) is 17.2 Å². The minimum atomic E-state index is -1.30. The molecule has 1 amide bonds. The van der Waals surface area contributed by atoms with Crippen molar-refractivity contribution in [1.82, 2.24) is 15.6 Å². The number of aromatic nitrogens is 3. The van der Waals surface area contributed by atoms with Gasteiger partial charge in [-0.15, -0.1) is 5.10 Å². The van der Waals surface area contributed by atoms with E-state index in [2.05, 4.69) is 25.3 Å². The van der Waals surface area contributed by atoms with Crippen molar-refractivity contribution in [1.29, 1.82) is 0 Å². The zero-order valence-corrected chi connectivity index (χ0v) is 19.9. The Labute approximate surface area is 206 Å². The summed E-state index contributed by atoms with van der Waals surface area (Å²) in [6.45, 7) is 0. The minimum absolute atomic E-state index is 0.00893. The topological polar surface area (TPSA) is 114 Å². The Morgan fingerprint density at radius 1 is 1.18 bits per heavy atom. The maximum Gasteiger partial charge on any atom is 0.337 e. The van der Waals surface area contributed by atoms with E-state index >= 15 is 0 Å². The number of benzene rings is 2. The number of hydrogen-bond donors (Lipinski definition) is 2. The van der Waals surface area contributed by atoms with E-state index in [9.17, 15) is 14.7 Å². The molecular weight excluding hydrogens is 474 g/mol. The van der Waals surface area contributed by atoms with Crippen molar-refractivity contribution in [2.24, 2.45) is 5.10 Å². The highest BCUT2D eigenvalue weighted by Gasteiger charge is 2.30. The third kappa shape index (κ3) is 5.84. The summed E-state index contributed by atoms with van der Waals surface area (Å²) in [5.41, 5.74) is 3.79. The standard InChI is InChI=1S/C24H24ClN5O3S/c25-18-12-10-16(11-13-18)22-28-29-24(30(22)19-7-2-1-3-8-19)34-15-21(31)27-26-14-17-6-4-5-9-20(17)23(32)33/h4-6,9-14,19H,1-3,7-8,15H2,(H2,27,31,32,33)/b26-14+. The van der Waals surface area contributed by atoms with Gasteiger partial charge in [0.05, 0.1) is 34.6 Å². The summed E-state index contributed by atoms with van der Waals surface area (Å²) in [6, 6.07) is 14.2. The number of carboxylic acid groups (broad SMARTS) is 1. The van der Waals surface area contributed by atoms with Crippen LogP contribution in [0.3, 0.4) is 0 Å². The lowest BCUT2D eigenvalue weighted by molar-refractivity contribution is -0.749. The summed E-state index contributed by atoms with van der Waals surface area (Å²) in [5.74, 6) is -0.620. The van der Waals surface area contributed by atoms with Crippen LogP contribution in [0.1, 0.15) is 54.1 Å². The van der Waals surface area contributed by atoms with Gasteiger partial charge in [0.1, 0.15) is 0 Å². The van der Waals surface area contributed by atoms with Crippen LogP contribution < -0.4 is 15.1 Å². The number of carboxylic acids is 1. The van der Waals surface area contributed by atoms with Gasteiger partial charge < -0.3 is 9.90 Å². The predicted molar refractivity (Wildman–Crippen MR) is 129 cm³/mol. The molecule has 0 radical (unpaired) electrons. The van der Waals surface area contributed by atoms with Gasteiger partial charge in [-0.25, -0.2) is 9.99 Å². The average Bonchev–Trinajstić information content (AvgIpc) is 3.28. The van der Waals surface area contributed by atoms with Crippen LogP contribution in [0.5, 0.6) is 0 Å². The molecule has 0 saturated heterocycles. The largest absolute Gasteiger partial charge is 0.545 e. The molecule has 2 aromatic carbocycles. The van der Waals surface area contributed by atoms with Crippen LogP contribution in [0, 0.1) is 0 Å². The zero-order valence-electron chi connectivity index (χ0n) is 18.4. The van der Waals surface area contributed by atoms with Crippen molar-refractivity contribution in [3.8, 4) is 11.4 Å². The van der Waals surface area contributed by atoms with Crippen LogP contribution in [0.4, 0.5) is 0 Å². The molecule has 0 aliphatic heterocycles. The second-order valence-electron chi connectivity index (χ2n) is 7.98. The molecule has 0 bridgehead atoms. The molecule has 8 nitrogen and oxygen atoms in total. The monoisotopic (exact) mass is 497 g/mol. The van der Waals surface area contributed by atoms with Gasteiger partial charge in [0.2, 0.25) is 0 Å². The van der Waals surface area contributed by atoms with E-state index in [1.54, 1.807) is 18.2 Å². The molecule has 1 aliphatic carbocycles. The van der Waals surface area contributed by atoms with Gasteiger partial charge >= 0.3 is 5.16 Å². The Balaban J connectivity index is 1.45. The van der Waals surface area contributed by atoms with Gasteiger partial charge in [-0.1, -0.05) is 42.3 Å². The van der Waals surface area contributed by atoms with Crippen molar-refractivity contribution in [2.75, 3.05) is 5.75 Å². The van der Waals surface area contributed by atoms with Gasteiger partial charge in [0.15, 0.2) is 0 Å². The second kappa shape index (κ2) is 11.3. The van der Waals surface area contributed by atoms with Crippen molar-refractivity contribution in [2.45, 2.75) is 43.3 Å². The first-order chi connectivity index (χ1) is 16.5. The molecule has 3 aromatic rings. The van der Waals surface area contributed by atoms with E-state index in [1.807, 2.05) is 24.3 Å². The molecule has 34 heavy (non-hydrogen) atoms. The number of carbonyl (C=O) groups excluding carboxylic acids is 2. The highest BCUT2D eigenvalue weighted by Crippen LogP contribution is 2.29. The van der Waals surface area contributed by atoms with Crippen LogP contribution in [0.15, 0.2) is 58.8 Å². The zero-order chi connectivity index (χ0) is 23.9. The molecular formula is C24H24ClN5O3S. The Morgan fingerprint density at radius 2 is 1.91 bits per heavy atom. The molecule has 1 aliphatic rings. The first-order valence-electron chi connectivity index (χ1n) is 11.0. The van der Waals surface area contributed by atoms with Crippen LogP contribution in [0.2, 0.25) is 5.02 Å². The Bertz CT molecular complexity index is 1190. The first kappa shape index (κ1) is 24.0. The summed E-state index contributed by atoms with van der Waals surface area (Å²) in [6.07, 6.45) is 6.97. The van der Waals surface area contributed by atoms with E-state index in [0.717, 1.165) is 42.2 Å². The third-order valence-electron chi connectivity index (χ3n) is 5.67. The number of rotatable bonds is 8. The van der Waals surface area contributed by atoms with Gasteiger partial charge in [0.25, 0.3) is 11.7 Å². The van der Waals surface area contributed by atoms with Crippen LogP contribution >= 0.6 is 23.4 Å². The normalized spacial score (nSPS) is 14.4. The summed E-state index contributed by atoms with van der Waals surface area (Å²) >= 11 is 7.38. The Hall–Kier alpha value is -3.17. The summed E-state index contributed by atoms with van der Waals surface area (Å²) in [4.78, 5) is 23.6. The number of H-pyrrole nitrogens is 1. The number of amides is 1. The highest BCUT2D eigenvalue weighted by atomic mass is 35.5. The molecule has 176 valence electrons. The SMILES string of the molecule is O=C(CSc1n[nH]c(-c2ccc(Cl)cc2)[n+]1C1CCCCC1)N/N=C/c1ccccc1C(=O)[O-]. The molecule has 1 saturated carbocycles. The van der Waals surface area contributed by atoms with Crippen LogP contribution in [-0.4, -0.2) is 34.0 Å². The maximum atomic E-state index is 12.4. The minimum Gasteiger partial charge on any atom is -0.545 e. The fourth-order valence-electron chi connectivity index (χ4n) is 4.03. The predicted octanol–water partition coefficient (Wildman–Crippen LogP) is 3.13. The third-order valence-corrected chi connectivity index (χ3v) is 6.87. The maximum absolute atomic E-state index is 12.4. The molecule has 1 fully saturated rings. The molecule has 0 atom stereocenters. The lowest BCUT2D eigenvalue weighted by Gasteiger charge is -2.21. The van der Waals surface area contributed by atoms with E-state index in [1.165, 1.54) is 30.5 Å². The van der Waals surface area contributed by atoms with Crippen molar-refractivity contribution >= 4 is 41.5 Å². The molecule has 0 spiro atoms. The van der Waals surface area contributed by atoms with E-state index in [4.69, 9.17) is 11.6 Å². The van der Waals surface area contributed by atoms with E-state index in [0.29, 0.717) is 16.6 Å². The number of hydrazone groups is 1. The molecule has 2 N–H and O–H groups in total. The summed E-state index contributed by atoms with van der Waals surface area (Å²) in [5, 5.41) is 24.1. The fraction of sp³-hybridized carbons (Fsp3) is 0.292. The molecule has 1 aromatic heterocycles. The van der Waals surface area contributed by atoms with Crippen molar-refractivity contribution in [3.05, 3.63) is 64.7 Å². The van der Waals surface area contributed by atoms with E-state index < -0.39 is 5.97 Å². The van der Waals surface area contributed by atoms with Gasteiger partial charge in [0, 0.05) is 16.1 Å². The number of aromatic carboxylic acids is 1. The smallest absolute Gasteiger partial charge is 0.337 e. The average molecular weight is 498 g/mol. The number of thioether (sulfide) groups is 1. The van der Waals surface area contributed by atoms with Gasteiger partial charge in [-0.3, -0.25) is 4.79 Å². The number of aromatic amines is 1. The number of hydrogen-bond acceptors (Lipinski definition) is 6. The lowest BCUT2D eigenvalue weighted by Crippen LogP contribution is -2.43. The summed E-state index contributed by atoms with van der Waals surface area (Å²) < 4.78 is 2.19. The summed E-state index contributed by atoms with van der Waals surface area (Å²) in [7, 11) is 0. The number of carbonyl (C=O) groups is 2. The molecule has 1 heterocycles. The van der Waals surface area contributed by atoms with Crippen molar-refractivity contribution in [3.63, 3.8) is 0 Å². The number of nitrogens with one attached hydrogen (secondary N) is 2. The molecule has 10 heteroatoms. The first-order valence-corrected chi connectivity index (χ1v) is 12.4. The van der Waals surface area contributed by atoms with Gasteiger partial charge in [-0.2, -0.15) is 5.10 Å². The number of halogens is 1. The number of nitrogens with zero attached hydrogens (tertiary/aromatic N) is 3. The second-order valence-corrected chi connectivity index (χ2v) is 9.36. The van der Waals surface area contributed by atoms with Gasteiger partial charge in [-0.05, 0) is 61.7 Å². The lowest BCUT2D eigenvalue weighted by atomic mass is 9.95. The molecule has 4 rings (SSSR count). The Kier molecular flexibility index (Phi) is 7.97.